The normalized spacial score (nSPS) is 22.3. The van der Waals surface area contributed by atoms with Gasteiger partial charge < -0.3 is 5.11 Å². The van der Waals surface area contributed by atoms with Crippen LogP contribution in [0.4, 0.5) is 0 Å². The van der Waals surface area contributed by atoms with Gasteiger partial charge in [-0.25, -0.2) is 0 Å². The van der Waals surface area contributed by atoms with Crippen LogP contribution in [0.25, 0.3) is 0 Å². The Morgan fingerprint density at radius 1 is 1.10 bits per heavy atom. The number of fused-ring (bicyclic) bond motifs is 1. The van der Waals surface area contributed by atoms with Gasteiger partial charge in [0.1, 0.15) is 0 Å². The quantitative estimate of drug-likeness (QED) is 0.919. The van der Waals surface area contributed by atoms with Gasteiger partial charge in [-0.2, -0.15) is 0 Å². The maximum absolute atomic E-state index is 11.5. The predicted octanol–water partition coefficient (Wildman–Crippen LogP) is 4.10. The molecule has 0 aromatic heterocycles. The van der Waals surface area contributed by atoms with Crippen molar-refractivity contribution in [2.24, 2.45) is 11.8 Å². The van der Waals surface area contributed by atoms with Crippen LogP contribution in [0.3, 0.4) is 0 Å². The number of hydrogen-bond donors (Lipinski definition) is 1. The lowest BCUT2D eigenvalue weighted by atomic mass is 9.67. The molecule has 1 aliphatic rings. The highest BCUT2D eigenvalue weighted by molar-refractivity contribution is 5.70. The van der Waals surface area contributed by atoms with Crippen LogP contribution < -0.4 is 0 Å². The lowest BCUT2D eigenvalue weighted by molar-refractivity contribution is -0.143. The van der Waals surface area contributed by atoms with E-state index in [9.17, 15) is 9.90 Å². The van der Waals surface area contributed by atoms with Crippen LogP contribution in [0.15, 0.2) is 54.6 Å². The first-order valence-corrected chi connectivity index (χ1v) is 7.54. The molecule has 0 heterocycles. The SMILES string of the molecule is CC(C(=O)O)C1CCc2ccccc2C1c1ccccc1. The van der Waals surface area contributed by atoms with Crippen molar-refractivity contribution in [1.29, 1.82) is 0 Å². The fourth-order valence-electron chi connectivity index (χ4n) is 3.59. The van der Waals surface area contributed by atoms with Gasteiger partial charge in [0.05, 0.1) is 5.92 Å². The molecule has 2 nitrogen and oxygen atoms in total. The van der Waals surface area contributed by atoms with E-state index < -0.39 is 5.97 Å². The summed E-state index contributed by atoms with van der Waals surface area (Å²) in [5, 5.41) is 9.45. The summed E-state index contributed by atoms with van der Waals surface area (Å²) in [6.07, 6.45) is 1.91. The third-order valence-electron chi connectivity index (χ3n) is 4.76. The standard InChI is InChI=1S/C19H20O2/c1-13(19(20)21)16-12-11-14-7-5-6-10-17(14)18(16)15-8-3-2-4-9-15/h2-10,13,16,18H,11-12H2,1H3,(H,20,21). The zero-order valence-electron chi connectivity index (χ0n) is 12.2. The van der Waals surface area contributed by atoms with E-state index in [-0.39, 0.29) is 17.8 Å². The van der Waals surface area contributed by atoms with Gasteiger partial charge in [-0.1, -0.05) is 61.5 Å². The molecule has 2 aromatic rings. The van der Waals surface area contributed by atoms with E-state index in [0.29, 0.717) is 0 Å². The number of aryl methyl sites for hydroxylation is 1. The lowest BCUT2D eigenvalue weighted by Gasteiger charge is -2.36. The molecule has 0 saturated heterocycles. The van der Waals surface area contributed by atoms with Gasteiger partial charge in [0, 0.05) is 5.92 Å². The third kappa shape index (κ3) is 2.58. The molecular weight excluding hydrogens is 260 g/mol. The van der Waals surface area contributed by atoms with E-state index in [2.05, 4.69) is 36.4 Å². The summed E-state index contributed by atoms with van der Waals surface area (Å²) >= 11 is 0. The van der Waals surface area contributed by atoms with Gasteiger partial charge in [0.15, 0.2) is 0 Å². The Morgan fingerprint density at radius 2 is 1.76 bits per heavy atom. The number of benzene rings is 2. The molecule has 3 rings (SSSR count). The predicted molar refractivity (Wildman–Crippen MR) is 83.3 cm³/mol. The Kier molecular flexibility index (Phi) is 3.78. The summed E-state index contributed by atoms with van der Waals surface area (Å²) in [7, 11) is 0. The van der Waals surface area contributed by atoms with Gasteiger partial charge in [-0.05, 0) is 35.4 Å². The van der Waals surface area contributed by atoms with E-state index in [4.69, 9.17) is 0 Å². The zero-order valence-corrected chi connectivity index (χ0v) is 12.2. The fourth-order valence-corrected chi connectivity index (χ4v) is 3.59. The first kappa shape index (κ1) is 13.9. The van der Waals surface area contributed by atoms with Crippen molar-refractivity contribution < 1.29 is 9.90 Å². The van der Waals surface area contributed by atoms with Crippen molar-refractivity contribution in [2.75, 3.05) is 0 Å². The second kappa shape index (κ2) is 5.72. The maximum atomic E-state index is 11.5. The molecule has 3 unspecified atom stereocenters. The molecule has 0 aliphatic heterocycles. The van der Waals surface area contributed by atoms with E-state index >= 15 is 0 Å². The first-order chi connectivity index (χ1) is 10.2. The van der Waals surface area contributed by atoms with Crippen LogP contribution in [0.1, 0.15) is 36.0 Å². The van der Waals surface area contributed by atoms with E-state index in [1.54, 1.807) is 0 Å². The number of hydrogen-bond acceptors (Lipinski definition) is 1. The highest BCUT2D eigenvalue weighted by atomic mass is 16.4. The minimum absolute atomic E-state index is 0.153. The molecule has 3 atom stereocenters. The van der Waals surface area contributed by atoms with Crippen molar-refractivity contribution >= 4 is 5.97 Å². The Bertz CT molecular complexity index is 633. The van der Waals surface area contributed by atoms with E-state index in [1.165, 1.54) is 16.7 Å². The van der Waals surface area contributed by atoms with Gasteiger partial charge in [0.2, 0.25) is 0 Å². The molecule has 0 spiro atoms. The number of carbonyl (C=O) groups is 1. The van der Waals surface area contributed by atoms with Crippen LogP contribution in [0.5, 0.6) is 0 Å². The smallest absolute Gasteiger partial charge is 0.306 e. The Hall–Kier alpha value is -2.09. The van der Waals surface area contributed by atoms with Crippen molar-refractivity contribution in [3.63, 3.8) is 0 Å². The molecule has 0 saturated carbocycles. The fraction of sp³-hybridized carbons (Fsp3) is 0.316. The molecule has 2 aromatic carbocycles. The number of rotatable bonds is 3. The van der Waals surface area contributed by atoms with Gasteiger partial charge in [0.25, 0.3) is 0 Å². The van der Waals surface area contributed by atoms with Gasteiger partial charge >= 0.3 is 5.97 Å². The summed E-state index contributed by atoms with van der Waals surface area (Å²) < 4.78 is 0. The summed E-state index contributed by atoms with van der Waals surface area (Å²) in [5.74, 6) is -0.689. The van der Waals surface area contributed by atoms with E-state index in [1.807, 2.05) is 25.1 Å². The molecule has 0 radical (unpaired) electrons. The van der Waals surface area contributed by atoms with Crippen LogP contribution in [-0.2, 0) is 11.2 Å². The van der Waals surface area contributed by atoms with Gasteiger partial charge in [-0.15, -0.1) is 0 Å². The monoisotopic (exact) mass is 280 g/mol. The average Bonchev–Trinajstić information content (AvgIpc) is 2.53. The Balaban J connectivity index is 2.09. The van der Waals surface area contributed by atoms with Crippen molar-refractivity contribution in [3.05, 3.63) is 71.3 Å². The van der Waals surface area contributed by atoms with E-state index in [0.717, 1.165) is 12.8 Å². The van der Waals surface area contributed by atoms with Crippen LogP contribution in [0, 0.1) is 11.8 Å². The largest absolute Gasteiger partial charge is 0.481 e. The first-order valence-electron chi connectivity index (χ1n) is 7.54. The van der Waals surface area contributed by atoms with Gasteiger partial charge in [-0.3, -0.25) is 4.79 Å². The molecule has 0 bridgehead atoms. The van der Waals surface area contributed by atoms with Crippen molar-refractivity contribution in [2.45, 2.75) is 25.7 Å². The molecule has 1 aliphatic carbocycles. The Labute approximate surface area is 125 Å². The van der Waals surface area contributed by atoms with Crippen LogP contribution >= 0.6 is 0 Å². The highest BCUT2D eigenvalue weighted by Crippen LogP contribution is 2.44. The summed E-state index contributed by atoms with van der Waals surface area (Å²) in [6.45, 7) is 1.84. The lowest BCUT2D eigenvalue weighted by Crippen LogP contribution is -2.31. The Morgan fingerprint density at radius 3 is 2.48 bits per heavy atom. The van der Waals surface area contributed by atoms with Crippen LogP contribution in [-0.4, -0.2) is 11.1 Å². The molecule has 2 heteroatoms. The zero-order chi connectivity index (χ0) is 14.8. The van der Waals surface area contributed by atoms with Crippen molar-refractivity contribution in [1.82, 2.24) is 0 Å². The third-order valence-corrected chi connectivity index (χ3v) is 4.76. The molecule has 0 amide bonds. The second-order valence-corrected chi connectivity index (χ2v) is 5.92. The molecule has 0 fully saturated rings. The number of carboxylic acid groups (broad SMARTS) is 1. The van der Waals surface area contributed by atoms with Crippen LogP contribution in [0.2, 0.25) is 0 Å². The molecular formula is C19H20O2. The average molecular weight is 280 g/mol. The second-order valence-electron chi connectivity index (χ2n) is 5.92. The van der Waals surface area contributed by atoms with Crippen molar-refractivity contribution in [3.8, 4) is 0 Å². The molecule has 21 heavy (non-hydrogen) atoms. The maximum Gasteiger partial charge on any atom is 0.306 e. The summed E-state index contributed by atoms with van der Waals surface area (Å²) in [4.78, 5) is 11.5. The molecule has 108 valence electrons. The summed E-state index contributed by atoms with van der Waals surface area (Å²) in [6, 6.07) is 18.8. The minimum Gasteiger partial charge on any atom is -0.481 e. The number of carboxylic acids is 1. The highest BCUT2D eigenvalue weighted by Gasteiger charge is 2.36. The minimum atomic E-state index is -0.694. The summed E-state index contributed by atoms with van der Waals surface area (Å²) in [5.41, 5.74) is 3.89. The molecule has 1 N–H and O–H groups in total. The topological polar surface area (TPSA) is 37.3 Å². The number of aliphatic carboxylic acids is 1.